The van der Waals surface area contributed by atoms with Crippen LogP contribution in [-0.4, -0.2) is 36.9 Å². The number of carbonyl (C=O) groups is 1. The molecule has 0 atom stereocenters. The number of hydrogen-bond donors (Lipinski definition) is 1. The lowest BCUT2D eigenvalue weighted by atomic mass is 10.1. The van der Waals surface area contributed by atoms with Gasteiger partial charge < -0.3 is 19.3 Å². The van der Waals surface area contributed by atoms with Crippen LogP contribution in [0.25, 0.3) is 10.9 Å². The monoisotopic (exact) mass is 341 g/mol. The van der Waals surface area contributed by atoms with Crippen LogP contribution in [-0.2, 0) is 6.61 Å². The highest BCUT2D eigenvalue weighted by atomic mass is 16.5. The van der Waals surface area contributed by atoms with Crippen molar-refractivity contribution in [2.45, 2.75) is 6.61 Å². The molecule has 2 aromatic carbocycles. The van der Waals surface area contributed by atoms with Crippen molar-refractivity contribution in [2.75, 3.05) is 21.3 Å². The van der Waals surface area contributed by atoms with Crippen LogP contribution in [0.2, 0.25) is 0 Å². The molecular weight excluding hydrogens is 322 g/mol. The molecule has 0 spiro atoms. The Morgan fingerprint density at radius 1 is 1.04 bits per heavy atom. The third kappa shape index (κ3) is 2.81. The van der Waals surface area contributed by atoms with E-state index in [1.54, 1.807) is 18.3 Å². The Kier molecular flexibility index (Phi) is 4.63. The Balaban J connectivity index is 2.16. The van der Waals surface area contributed by atoms with E-state index in [-0.39, 0.29) is 12.5 Å². The van der Waals surface area contributed by atoms with Crippen molar-refractivity contribution < 1.29 is 24.1 Å². The summed E-state index contributed by atoms with van der Waals surface area (Å²) in [4.78, 5) is 13.1. The van der Waals surface area contributed by atoms with Gasteiger partial charge in [0.05, 0.1) is 33.5 Å². The van der Waals surface area contributed by atoms with Gasteiger partial charge in [-0.3, -0.25) is 9.36 Å². The van der Waals surface area contributed by atoms with Gasteiger partial charge in [-0.2, -0.15) is 0 Å². The van der Waals surface area contributed by atoms with Crippen LogP contribution >= 0.6 is 0 Å². The number of aliphatic hydroxyl groups excluding tert-OH is 1. The normalized spacial score (nSPS) is 10.7. The van der Waals surface area contributed by atoms with Crippen molar-refractivity contribution in [3.8, 4) is 17.2 Å². The third-order valence-electron chi connectivity index (χ3n) is 4.10. The number of aromatic nitrogens is 1. The molecule has 130 valence electrons. The second-order valence-corrected chi connectivity index (χ2v) is 5.42. The fourth-order valence-corrected chi connectivity index (χ4v) is 2.89. The van der Waals surface area contributed by atoms with Crippen molar-refractivity contribution in [2.24, 2.45) is 0 Å². The SMILES string of the molecule is COc1cc(C(=O)n2cc(CO)c3ccccc32)cc(OC)c1OC. The molecule has 0 aliphatic heterocycles. The minimum Gasteiger partial charge on any atom is -0.493 e. The molecule has 0 unspecified atom stereocenters. The molecule has 0 aliphatic rings. The number of fused-ring (bicyclic) bond motifs is 1. The summed E-state index contributed by atoms with van der Waals surface area (Å²) in [5, 5.41) is 10.4. The van der Waals surface area contributed by atoms with Crippen molar-refractivity contribution in [3.63, 3.8) is 0 Å². The Labute approximate surface area is 145 Å². The highest BCUT2D eigenvalue weighted by Gasteiger charge is 2.20. The summed E-state index contributed by atoms with van der Waals surface area (Å²) in [5.41, 5.74) is 1.81. The highest BCUT2D eigenvalue weighted by Crippen LogP contribution is 2.38. The Morgan fingerprint density at radius 2 is 1.68 bits per heavy atom. The molecular formula is C19H19NO5. The molecule has 1 aromatic heterocycles. The molecule has 6 heteroatoms. The quantitative estimate of drug-likeness (QED) is 0.773. The summed E-state index contributed by atoms with van der Waals surface area (Å²) in [6.45, 7) is -0.143. The average molecular weight is 341 g/mol. The Bertz CT molecular complexity index is 904. The second kappa shape index (κ2) is 6.86. The van der Waals surface area contributed by atoms with Crippen LogP contribution in [0.5, 0.6) is 17.2 Å². The largest absolute Gasteiger partial charge is 0.493 e. The first-order valence-electron chi connectivity index (χ1n) is 7.69. The molecule has 1 N–H and O–H groups in total. The first kappa shape index (κ1) is 16.9. The predicted molar refractivity (Wildman–Crippen MR) is 93.7 cm³/mol. The summed E-state index contributed by atoms with van der Waals surface area (Å²) in [7, 11) is 4.51. The van der Waals surface area contributed by atoms with E-state index in [0.29, 0.717) is 28.4 Å². The van der Waals surface area contributed by atoms with Gasteiger partial charge in [-0.25, -0.2) is 0 Å². The third-order valence-corrected chi connectivity index (χ3v) is 4.10. The molecule has 0 aliphatic carbocycles. The van der Waals surface area contributed by atoms with Crippen molar-refractivity contribution in [3.05, 3.63) is 53.7 Å². The molecule has 1 heterocycles. The minimum absolute atomic E-state index is 0.143. The molecule has 0 radical (unpaired) electrons. The molecule has 0 bridgehead atoms. The van der Waals surface area contributed by atoms with Gasteiger partial charge in [0, 0.05) is 22.7 Å². The lowest BCUT2D eigenvalue weighted by Crippen LogP contribution is -2.11. The average Bonchev–Trinajstić information content (AvgIpc) is 3.04. The minimum atomic E-state index is -0.254. The molecule has 0 saturated carbocycles. The van der Waals surface area contributed by atoms with E-state index in [9.17, 15) is 9.90 Å². The number of hydrogen-bond acceptors (Lipinski definition) is 5. The zero-order valence-electron chi connectivity index (χ0n) is 14.3. The first-order chi connectivity index (χ1) is 12.1. The molecule has 25 heavy (non-hydrogen) atoms. The van der Waals surface area contributed by atoms with E-state index in [0.717, 1.165) is 10.9 Å². The standard InChI is InChI=1S/C19H19NO5/c1-23-16-8-12(9-17(24-2)18(16)25-3)19(22)20-10-13(11-21)14-6-4-5-7-15(14)20/h4-10,21H,11H2,1-3H3. The summed E-state index contributed by atoms with van der Waals surface area (Å²) >= 11 is 0. The van der Waals surface area contributed by atoms with Crippen LogP contribution in [0.1, 0.15) is 15.9 Å². The van der Waals surface area contributed by atoms with Crippen LogP contribution in [0, 0.1) is 0 Å². The molecule has 6 nitrogen and oxygen atoms in total. The van der Waals surface area contributed by atoms with Crippen LogP contribution in [0.3, 0.4) is 0 Å². The topological polar surface area (TPSA) is 69.9 Å². The van der Waals surface area contributed by atoms with Crippen LogP contribution in [0.15, 0.2) is 42.6 Å². The van der Waals surface area contributed by atoms with Crippen molar-refractivity contribution >= 4 is 16.8 Å². The number of rotatable bonds is 5. The number of carbonyl (C=O) groups excluding carboxylic acids is 1. The number of aliphatic hydroxyl groups is 1. The molecule has 3 rings (SSSR count). The number of benzene rings is 2. The van der Waals surface area contributed by atoms with E-state index in [1.165, 1.54) is 25.9 Å². The van der Waals surface area contributed by atoms with E-state index in [4.69, 9.17) is 14.2 Å². The summed E-state index contributed by atoms with van der Waals surface area (Å²) < 4.78 is 17.4. The molecule has 0 saturated heterocycles. The maximum Gasteiger partial charge on any atom is 0.262 e. The maximum absolute atomic E-state index is 13.1. The summed E-state index contributed by atoms with van der Waals surface area (Å²) in [6, 6.07) is 10.6. The van der Waals surface area contributed by atoms with E-state index in [2.05, 4.69) is 0 Å². The zero-order valence-corrected chi connectivity index (χ0v) is 14.3. The Morgan fingerprint density at radius 3 is 2.24 bits per heavy atom. The fourth-order valence-electron chi connectivity index (χ4n) is 2.89. The fraction of sp³-hybridized carbons (Fsp3) is 0.211. The summed E-state index contributed by atoms with van der Waals surface area (Å²) in [6.07, 6.45) is 1.65. The van der Waals surface area contributed by atoms with Crippen LogP contribution < -0.4 is 14.2 Å². The number of methoxy groups -OCH3 is 3. The van der Waals surface area contributed by atoms with Gasteiger partial charge in [-0.05, 0) is 18.2 Å². The van der Waals surface area contributed by atoms with Crippen molar-refractivity contribution in [1.82, 2.24) is 4.57 Å². The van der Waals surface area contributed by atoms with E-state index >= 15 is 0 Å². The van der Waals surface area contributed by atoms with Gasteiger partial charge in [0.2, 0.25) is 5.75 Å². The summed E-state index contributed by atoms with van der Waals surface area (Å²) in [5.74, 6) is 0.984. The van der Waals surface area contributed by atoms with Gasteiger partial charge in [0.25, 0.3) is 5.91 Å². The van der Waals surface area contributed by atoms with Gasteiger partial charge in [-0.1, -0.05) is 18.2 Å². The lowest BCUT2D eigenvalue weighted by molar-refractivity contribution is 0.0964. The zero-order chi connectivity index (χ0) is 18.0. The molecule has 0 fully saturated rings. The van der Waals surface area contributed by atoms with Crippen LogP contribution in [0.4, 0.5) is 0 Å². The smallest absolute Gasteiger partial charge is 0.262 e. The Hall–Kier alpha value is -2.99. The van der Waals surface area contributed by atoms with E-state index in [1.807, 2.05) is 24.3 Å². The second-order valence-electron chi connectivity index (χ2n) is 5.42. The van der Waals surface area contributed by atoms with Gasteiger partial charge in [-0.15, -0.1) is 0 Å². The van der Waals surface area contributed by atoms with Gasteiger partial charge in [0.15, 0.2) is 11.5 Å². The first-order valence-corrected chi connectivity index (χ1v) is 7.69. The highest BCUT2D eigenvalue weighted by molar-refractivity contribution is 6.03. The number of ether oxygens (including phenoxy) is 3. The predicted octanol–water partition coefficient (Wildman–Crippen LogP) is 2.85. The number of nitrogens with zero attached hydrogens (tertiary/aromatic N) is 1. The number of para-hydroxylation sites is 1. The molecule has 0 amide bonds. The van der Waals surface area contributed by atoms with Gasteiger partial charge >= 0.3 is 0 Å². The maximum atomic E-state index is 13.1. The molecule has 3 aromatic rings. The van der Waals surface area contributed by atoms with Gasteiger partial charge in [0.1, 0.15) is 0 Å². The van der Waals surface area contributed by atoms with E-state index < -0.39 is 0 Å². The lowest BCUT2D eigenvalue weighted by Gasteiger charge is -2.14. The van der Waals surface area contributed by atoms with Crippen molar-refractivity contribution in [1.29, 1.82) is 0 Å².